The summed E-state index contributed by atoms with van der Waals surface area (Å²) in [7, 11) is 2.93. The van der Waals surface area contributed by atoms with Crippen LogP contribution in [0.1, 0.15) is 29.3 Å². The molecule has 1 aliphatic rings. The number of H-pyrrole nitrogens is 1. The Morgan fingerprint density at radius 3 is 2.52 bits per heavy atom. The largest absolute Gasteiger partial charge is 0.502 e. The van der Waals surface area contributed by atoms with Gasteiger partial charge in [0.05, 0.1) is 20.6 Å². The zero-order chi connectivity index (χ0) is 23.5. The molecule has 0 saturated carbocycles. The van der Waals surface area contributed by atoms with Gasteiger partial charge in [0.2, 0.25) is 11.7 Å². The minimum absolute atomic E-state index is 0.0797. The zero-order valence-electron chi connectivity index (χ0n) is 18.5. The van der Waals surface area contributed by atoms with Crippen molar-refractivity contribution in [3.05, 3.63) is 76.4 Å². The first kappa shape index (κ1) is 22.1. The van der Waals surface area contributed by atoms with Crippen molar-refractivity contribution in [1.29, 1.82) is 0 Å². The van der Waals surface area contributed by atoms with Crippen molar-refractivity contribution in [2.75, 3.05) is 20.8 Å². The van der Waals surface area contributed by atoms with E-state index < -0.39 is 0 Å². The molecule has 2 aromatic carbocycles. The van der Waals surface area contributed by atoms with Crippen molar-refractivity contribution >= 4 is 23.1 Å². The Morgan fingerprint density at radius 1 is 1.15 bits per heavy atom. The number of carbonyl (C=O) groups is 1. The van der Waals surface area contributed by atoms with Crippen molar-refractivity contribution < 1.29 is 23.8 Å². The van der Waals surface area contributed by atoms with Crippen molar-refractivity contribution in [2.24, 2.45) is 0 Å². The van der Waals surface area contributed by atoms with E-state index in [4.69, 9.17) is 9.47 Å². The molecule has 1 aromatic heterocycles. The molecule has 170 valence electrons. The van der Waals surface area contributed by atoms with E-state index >= 15 is 0 Å². The molecule has 7 nitrogen and oxygen atoms in total. The molecule has 33 heavy (non-hydrogen) atoms. The van der Waals surface area contributed by atoms with Crippen LogP contribution in [0.25, 0.3) is 17.2 Å². The molecule has 0 aliphatic heterocycles. The molecule has 0 saturated heterocycles. The Kier molecular flexibility index (Phi) is 6.17. The van der Waals surface area contributed by atoms with Crippen LogP contribution in [0.5, 0.6) is 17.2 Å². The maximum atomic E-state index is 14.1. The van der Waals surface area contributed by atoms with Gasteiger partial charge in [0.25, 0.3) is 0 Å². The van der Waals surface area contributed by atoms with Crippen LogP contribution < -0.4 is 14.8 Å². The molecule has 0 radical (unpaired) electrons. The second kappa shape index (κ2) is 9.20. The second-order valence-corrected chi connectivity index (χ2v) is 7.66. The number of nitrogens with one attached hydrogen (secondary N) is 2. The van der Waals surface area contributed by atoms with E-state index in [2.05, 4.69) is 15.5 Å². The Morgan fingerprint density at radius 2 is 1.88 bits per heavy atom. The van der Waals surface area contributed by atoms with E-state index in [0.717, 1.165) is 33.4 Å². The average molecular weight is 449 g/mol. The van der Waals surface area contributed by atoms with Gasteiger partial charge in [0, 0.05) is 18.4 Å². The van der Waals surface area contributed by atoms with Crippen LogP contribution in [0.3, 0.4) is 0 Å². The highest BCUT2D eigenvalue weighted by Gasteiger charge is 2.25. The second-order valence-electron chi connectivity index (χ2n) is 7.66. The number of aromatic amines is 1. The molecule has 3 N–H and O–H groups in total. The van der Waals surface area contributed by atoms with Crippen molar-refractivity contribution in [3.63, 3.8) is 0 Å². The maximum absolute atomic E-state index is 14.1. The lowest BCUT2D eigenvalue weighted by molar-refractivity contribution is -0.120. The predicted molar refractivity (Wildman–Crippen MR) is 123 cm³/mol. The van der Waals surface area contributed by atoms with Crippen LogP contribution in [0, 0.1) is 5.82 Å². The number of benzene rings is 2. The molecule has 0 atom stereocenters. The molecular formula is C25H24FN3O4. The molecular weight excluding hydrogens is 425 g/mol. The average Bonchev–Trinajstić information content (AvgIpc) is 3.39. The minimum Gasteiger partial charge on any atom is -0.502 e. The van der Waals surface area contributed by atoms with E-state index in [1.54, 1.807) is 30.5 Å². The SMILES string of the molecule is COc1cc(/C=C2/C(C)=C(CNC(=O)Cc3ccn[nH]3)c3cc(F)ccc32)cc(OC)c1O. The highest BCUT2D eigenvalue weighted by Crippen LogP contribution is 2.44. The van der Waals surface area contributed by atoms with E-state index in [9.17, 15) is 14.3 Å². The number of amides is 1. The quantitative estimate of drug-likeness (QED) is 0.507. The number of halogens is 1. The Hall–Kier alpha value is -4.07. The number of allylic oxidation sites excluding steroid dienone is 2. The number of hydrogen-bond acceptors (Lipinski definition) is 5. The van der Waals surface area contributed by atoms with Crippen LogP contribution in [-0.4, -0.2) is 42.0 Å². The Balaban J connectivity index is 1.69. The first-order valence-corrected chi connectivity index (χ1v) is 10.3. The maximum Gasteiger partial charge on any atom is 0.226 e. The summed E-state index contributed by atoms with van der Waals surface area (Å²) in [5.41, 5.74) is 5.70. The van der Waals surface area contributed by atoms with E-state index in [-0.39, 0.29) is 41.9 Å². The molecule has 0 spiro atoms. The van der Waals surface area contributed by atoms with Gasteiger partial charge in [-0.05, 0) is 76.7 Å². The van der Waals surface area contributed by atoms with Gasteiger partial charge in [-0.3, -0.25) is 9.89 Å². The van der Waals surface area contributed by atoms with Crippen LogP contribution >= 0.6 is 0 Å². The van der Waals surface area contributed by atoms with Gasteiger partial charge in [0.15, 0.2) is 11.5 Å². The number of carbonyl (C=O) groups excluding carboxylic acids is 1. The summed E-state index contributed by atoms with van der Waals surface area (Å²) >= 11 is 0. The molecule has 1 aliphatic carbocycles. The van der Waals surface area contributed by atoms with Gasteiger partial charge in [-0.1, -0.05) is 6.07 Å². The third-order valence-corrected chi connectivity index (χ3v) is 5.64. The number of ether oxygens (including phenoxy) is 2. The summed E-state index contributed by atoms with van der Waals surface area (Å²) in [6, 6.07) is 9.77. The normalized spacial score (nSPS) is 13.9. The molecule has 1 heterocycles. The molecule has 0 bridgehead atoms. The van der Waals surface area contributed by atoms with Gasteiger partial charge < -0.3 is 19.9 Å². The lowest BCUT2D eigenvalue weighted by Gasteiger charge is -2.11. The highest BCUT2D eigenvalue weighted by atomic mass is 19.1. The third-order valence-electron chi connectivity index (χ3n) is 5.64. The van der Waals surface area contributed by atoms with Crippen molar-refractivity contribution in [2.45, 2.75) is 13.3 Å². The summed E-state index contributed by atoms with van der Waals surface area (Å²) in [5.74, 6) is -0.0260. The summed E-state index contributed by atoms with van der Waals surface area (Å²) in [6.45, 7) is 2.20. The van der Waals surface area contributed by atoms with Gasteiger partial charge >= 0.3 is 0 Å². The number of nitrogens with zero attached hydrogens (tertiary/aromatic N) is 1. The number of aromatic hydroxyl groups is 1. The standard InChI is InChI=1S/C25H24FN3O4/c1-14-19(8-15-9-22(32-2)25(31)23(10-15)33-3)18-5-4-16(26)11-20(18)21(14)13-27-24(30)12-17-6-7-28-29-17/h4-11,31H,12-13H2,1-3H3,(H,27,30)(H,28,29)/b19-8-. The zero-order valence-corrected chi connectivity index (χ0v) is 18.5. The van der Waals surface area contributed by atoms with Gasteiger partial charge in [-0.2, -0.15) is 5.10 Å². The van der Waals surface area contributed by atoms with Crippen LogP contribution in [0.4, 0.5) is 4.39 Å². The monoisotopic (exact) mass is 449 g/mol. The smallest absolute Gasteiger partial charge is 0.226 e. The fourth-order valence-electron chi connectivity index (χ4n) is 3.95. The van der Waals surface area contributed by atoms with E-state index in [1.807, 2.05) is 13.0 Å². The summed E-state index contributed by atoms with van der Waals surface area (Å²) in [5, 5.41) is 19.7. The summed E-state index contributed by atoms with van der Waals surface area (Å²) < 4.78 is 24.6. The molecule has 8 heteroatoms. The van der Waals surface area contributed by atoms with Gasteiger partial charge in [-0.25, -0.2) is 4.39 Å². The number of phenols is 1. The summed E-state index contributed by atoms with van der Waals surface area (Å²) in [6.07, 6.45) is 3.70. The van der Waals surface area contributed by atoms with Crippen molar-refractivity contribution in [1.82, 2.24) is 15.5 Å². The Labute approximate surface area is 190 Å². The fourth-order valence-corrected chi connectivity index (χ4v) is 3.95. The predicted octanol–water partition coefficient (Wildman–Crippen LogP) is 3.96. The van der Waals surface area contributed by atoms with Crippen molar-refractivity contribution in [3.8, 4) is 17.2 Å². The Bertz CT molecular complexity index is 1240. The minimum atomic E-state index is -0.350. The third kappa shape index (κ3) is 4.45. The molecule has 0 fully saturated rings. The lowest BCUT2D eigenvalue weighted by Crippen LogP contribution is -2.27. The number of aromatic nitrogens is 2. The number of phenolic OH excluding ortho intramolecular Hbond substituents is 1. The number of methoxy groups -OCH3 is 2. The molecule has 1 amide bonds. The topological polar surface area (TPSA) is 96.5 Å². The fraction of sp³-hybridized carbons (Fsp3) is 0.200. The van der Waals surface area contributed by atoms with Gasteiger partial charge in [0.1, 0.15) is 5.82 Å². The van der Waals surface area contributed by atoms with Gasteiger partial charge in [-0.15, -0.1) is 0 Å². The number of hydrogen-bond donors (Lipinski definition) is 3. The number of fused-ring (bicyclic) bond motifs is 1. The van der Waals surface area contributed by atoms with E-state index in [0.29, 0.717) is 5.69 Å². The molecule has 3 aromatic rings. The first-order valence-electron chi connectivity index (χ1n) is 10.3. The first-order chi connectivity index (χ1) is 15.9. The van der Waals surface area contributed by atoms with Crippen LogP contribution in [-0.2, 0) is 11.2 Å². The number of rotatable bonds is 7. The van der Waals surface area contributed by atoms with E-state index in [1.165, 1.54) is 26.4 Å². The van der Waals surface area contributed by atoms with Crippen LogP contribution in [0.15, 0.2) is 48.2 Å². The highest BCUT2D eigenvalue weighted by molar-refractivity contribution is 6.06. The van der Waals surface area contributed by atoms with Crippen LogP contribution in [0.2, 0.25) is 0 Å². The molecule has 4 rings (SSSR count). The lowest BCUT2D eigenvalue weighted by atomic mass is 10.00. The molecule has 0 unspecified atom stereocenters. The summed E-state index contributed by atoms with van der Waals surface area (Å²) in [4.78, 5) is 12.4.